The molecule has 2 atom stereocenters. The molecule has 114 valence electrons. The number of halogens is 1. The molecule has 2 aromatic rings. The van der Waals surface area contributed by atoms with Crippen LogP contribution in [0.15, 0.2) is 28.7 Å². The summed E-state index contributed by atoms with van der Waals surface area (Å²) in [6, 6.07) is 6.18. The Morgan fingerprint density at radius 3 is 2.71 bits per heavy atom. The summed E-state index contributed by atoms with van der Waals surface area (Å²) in [5.74, 6) is 0.231. The van der Waals surface area contributed by atoms with Crippen molar-refractivity contribution in [3.8, 4) is 0 Å². The molecule has 2 heterocycles. The molecule has 1 aromatic carbocycles. The molecule has 4 heteroatoms. The van der Waals surface area contributed by atoms with Crippen LogP contribution in [0, 0.1) is 5.82 Å². The Labute approximate surface area is 124 Å². The lowest BCUT2D eigenvalue weighted by Gasteiger charge is -2.41. The first-order valence-electron chi connectivity index (χ1n) is 7.66. The highest BCUT2D eigenvalue weighted by Crippen LogP contribution is 2.38. The number of hydrogen-bond acceptors (Lipinski definition) is 3. The van der Waals surface area contributed by atoms with Gasteiger partial charge in [-0.15, -0.1) is 0 Å². The van der Waals surface area contributed by atoms with E-state index in [1.165, 1.54) is 25.0 Å². The van der Waals surface area contributed by atoms with Gasteiger partial charge in [-0.1, -0.05) is 6.92 Å². The quantitative estimate of drug-likeness (QED) is 0.929. The number of aliphatic hydroxyl groups excluding tert-OH is 1. The first-order valence-corrected chi connectivity index (χ1v) is 7.66. The maximum Gasteiger partial charge on any atom is 0.135 e. The van der Waals surface area contributed by atoms with Gasteiger partial charge >= 0.3 is 0 Å². The molecule has 21 heavy (non-hydrogen) atoms. The van der Waals surface area contributed by atoms with E-state index in [2.05, 4.69) is 18.7 Å². The van der Waals surface area contributed by atoms with E-state index in [4.69, 9.17) is 4.42 Å². The van der Waals surface area contributed by atoms with Crippen LogP contribution in [0.25, 0.3) is 11.0 Å². The zero-order valence-corrected chi connectivity index (χ0v) is 12.6. The molecule has 3 nitrogen and oxygen atoms in total. The van der Waals surface area contributed by atoms with Gasteiger partial charge in [-0.2, -0.15) is 0 Å². The summed E-state index contributed by atoms with van der Waals surface area (Å²) in [5, 5.41) is 11.5. The number of aliphatic hydroxyl groups is 1. The number of fused-ring (bicyclic) bond motifs is 1. The smallest absolute Gasteiger partial charge is 0.135 e. The van der Waals surface area contributed by atoms with Crippen LogP contribution in [0.2, 0.25) is 0 Å². The van der Waals surface area contributed by atoms with E-state index in [1.807, 2.05) is 0 Å². The van der Waals surface area contributed by atoms with Crippen molar-refractivity contribution in [2.24, 2.45) is 0 Å². The minimum atomic E-state index is -0.712. The van der Waals surface area contributed by atoms with Crippen LogP contribution < -0.4 is 0 Å². The van der Waals surface area contributed by atoms with E-state index >= 15 is 0 Å². The van der Waals surface area contributed by atoms with Crippen LogP contribution in [0.4, 0.5) is 4.39 Å². The average Bonchev–Trinajstić information content (AvgIpc) is 3.14. The van der Waals surface area contributed by atoms with Crippen LogP contribution in [-0.2, 0) is 0 Å². The van der Waals surface area contributed by atoms with Crippen molar-refractivity contribution >= 4 is 11.0 Å². The molecular weight excluding hydrogens is 269 g/mol. The molecule has 0 aliphatic carbocycles. The Morgan fingerprint density at radius 2 is 2.05 bits per heavy atom. The third-order valence-corrected chi connectivity index (χ3v) is 4.90. The molecule has 1 N–H and O–H groups in total. The van der Waals surface area contributed by atoms with E-state index in [-0.39, 0.29) is 11.4 Å². The predicted molar refractivity (Wildman–Crippen MR) is 80.6 cm³/mol. The molecule has 0 radical (unpaired) electrons. The molecule has 0 bridgehead atoms. The van der Waals surface area contributed by atoms with Crippen molar-refractivity contribution in [3.63, 3.8) is 0 Å². The minimum absolute atomic E-state index is 0.290. The van der Waals surface area contributed by atoms with Gasteiger partial charge in [0.2, 0.25) is 0 Å². The summed E-state index contributed by atoms with van der Waals surface area (Å²) in [6.07, 6.45) is 2.47. The van der Waals surface area contributed by atoms with E-state index < -0.39 is 6.10 Å². The lowest BCUT2D eigenvalue weighted by Crippen LogP contribution is -2.48. The molecule has 1 aliphatic heterocycles. The number of likely N-dealkylation sites (tertiary alicyclic amines) is 1. The third-order valence-electron chi connectivity index (χ3n) is 4.90. The van der Waals surface area contributed by atoms with Crippen LogP contribution in [0.3, 0.4) is 0 Å². The third kappa shape index (κ3) is 2.47. The summed E-state index contributed by atoms with van der Waals surface area (Å²) in [5.41, 5.74) is 0.272. The molecule has 1 saturated heterocycles. The van der Waals surface area contributed by atoms with Crippen LogP contribution in [-0.4, -0.2) is 28.6 Å². The van der Waals surface area contributed by atoms with Gasteiger partial charge in [0.1, 0.15) is 23.3 Å². The number of rotatable bonds is 4. The Morgan fingerprint density at radius 1 is 1.33 bits per heavy atom. The monoisotopic (exact) mass is 291 g/mol. The maximum absolute atomic E-state index is 13.3. The molecular formula is C17H22FNO2. The van der Waals surface area contributed by atoms with Crippen molar-refractivity contribution in [3.05, 3.63) is 35.8 Å². The Kier molecular flexibility index (Phi) is 3.76. The fraction of sp³-hybridized carbons (Fsp3) is 0.529. The molecule has 1 fully saturated rings. The van der Waals surface area contributed by atoms with Crippen molar-refractivity contribution in [2.45, 2.75) is 44.8 Å². The van der Waals surface area contributed by atoms with E-state index in [0.29, 0.717) is 16.7 Å². The van der Waals surface area contributed by atoms with E-state index in [1.54, 1.807) is 12.1 Å². The SMILES string of the molecule is CCC(C)(C(O)c1cc2cc(F)ccc2o1)N1CCCC1. The molecule has 1 aliphatic rings. The van der Waals surface area contributed by atoms with Gasteiger partial charge in [0, 0.05) is 5.39 Å². The largest absolute Gasteiger partial charge is 0.458 e. The fourth-order valence-corrected chi connectivity index (χ4v) is 3.29. The first-order chi connectivity index (χ1) is 10.0. The van der Waals surface area contributed by atoms with Gasteiger partial charge in [0.05, 0.1) is 5.54 Å². The molecule has 1 aromatic heterocycles. The fourth-order valence-electron chi connectivity index (χ4n) is 3.29. The molecule has 3 rings (SSSR count). The Balaban J connectivity index is 1.95. The Bertz CT molecular complexity index is 633. The van der Waals surface area contributed by atoms with E-state index in [9.17, 15) is 9.50 Å². The molecule has 0 spiro atoms. The van der Waals surface area contributed by atoms with Crippen LogP contribution in [0.5, 0.6) is 0 Å². The van der Waals surface area contributed by atoms with Crippen molar-refractivity contribution in [2.75, 3.05) is 13.1 Å². The second kappa shape index (κ2) is 5.43. The maximum atomic E-state index is 13.3. The van der Waals surface area contributed by atoms with Gasteiger partial charge in [0.15, 0.2) is 0 Å². The van der Waals surface area contributed by atoms with Crippen molar-refractivity contribution in [1.82, 2.24) is 4.90 Å². The number of hydrogen-bond donors (Lipinski definition) is 1. The zero-order chi connectivity index (χ0) is 15.0. The lowest BCUT2D eigenvalue weighted by molar-refractivity contribution is -0.0246. The minimum Gasteiger partial charge on any atom is -0.458 e. The number of benzene rings is 1. The summed E-state index contributed by atoms with van der Waals surface area (Å²) in [4.78, 5) is 2.34. The average molecular weight is 291 g/mol. The van der Waals surface area contributed by atoms with Gasteiger partial charge in [-0.25, -0.2) is 4.39 Å². The van der Waals surface area contributed by atoms with Gasteiger partial charge in [0.25, 0.3) is 0 Å². The lowest BCUT2D eigenvalue weighted by atomic mass is 9.88. The van der Waals surface area contributed by atoms with Crippen LogP contribution in [0.1, 0.15) is 45.0 Å². The first kappa shape index (κ1) is 14.5. The molecule has 0 amide bonds. The van der Waals surface area contributed by atoms with Crippen molar-refractivity contribution in [1.29, 1.82) is 0 Å². The predicted octanol–water partition coefficient (Wildman–Crippen LogP) is 3.87. The number of nitrogens with zero attached hydrogens (tertiary/aromatic N) is 1. The van der Waals surface area contributed by atoms with Gasteiger partial charge in [-0.05, 0) is 63.5 Å². The normalized spacial score (nSPS) is 20.8. The van der Waals surface area contributed by atoms with Gasteiger partial charge < -0.3 is 9.52 Å². The Hall–Kier alpha value is -1.39. The highest BCUT2D eigenvalue weighted by Gasteiger charge is 2.40. The second-order valence-electron chi connectivity index (χ2n) is 6.14. The van der Waals surface area contributed by atoms with Crippen LogP contribution >= 0.6 is 0 Å². The summed E-state index contributed by atoms with van der Waals surface area (Å²) in [7, 11) is 0. The highest BCUT2D eigenvalue weighted by molar-refractivity contribution is 5.78. The standard InChI is InChI=1S/C17H22FNO2/c1-3-17(2,19-8-4-5-9-19)16(20)15-11-12-10-13(18)6-7-14(12)21-15/h6-7,10-11,16,20H,3-5,8-9H2,1-2H3. The summed E-state index contributed by atoms with van der Waals surface area (Å²) < 4.78 is 19.0. The summed E-state index contributed by atoms with van der Waals surface area (Å²) >= 11 is 0. The zero-order valence-electron chi connectivity index (χ0n) is 12.6. The molecule has 2 unspecified atom stereocenters. The number of furan rings is 1. The summed E-state index contributed by atoms with van der Waals surface area (Å²) in [6.45, 7) is 6.19. The molecule has 0 saturated carbocycles. The van der Waals surface area contributed by atoms with Gasteiger partial charge in [-0.3, -0.25) is 4.90 Å². The van der Waals surface area contributed by atoms with E-state index in [0.717, 1.165) is 19.5 Å². The highest BCUT2D eigenvalue weighted by atomic mass is 19.1. The topological polar surface area (TPSA) is 36.6 Å². The van der Waals surface area contributed by atoms with Crippen molar-refractivity contribution < 1.29 is 13.9 Å². The second-order valence-corrected chi connectivity index (χ2v) is 6.14.